The van der Waals surface area contributed by atoms with Gasteiger partial charge in [0, 0.05) is 11.8 Å². The first-order valence-electron chi connectivity index (χ1n) is 5.89. The molecule has 1 fully saturated rings. The molecule has 3 unspecified atom stereocenters. The van der Waals surface area contributed by atoms with Crippen LogP contribution in [0, 0.1) is 12.8 Å². The maximum atomic E-state index is 13.0. The second-order valence-electron chi connectivity index (χ2n) is 4.69. The number of nitrogens with zero attached hydrogens (tertiary/aromatic N) is 1. The van der Waals surface area contributed by atoms with Crippen molar-refractivity contribution < 1.29 is 23.0 Å². The van der Waals surface area contributed by atoms with Crippen molar-refractivity contribution in [2.24, 2.45) is 5.92 Å². The molecule has 1 aliphatic heterocycles. The summed E-state index contributed by atoms with van der Waals surface area (Å²) in [4.78, 5) is 24.8. The molecular weight excluding hydrogens is 281 g/mol. The number of rotatable bonds is 2. The molecule has 9 heteroatoms. The molecule has 1 aromatic heterocycles. The van der Waals surface area contributed by atoms with E-state index in [4.69, 9.17) is 9.84 Å². The number of aromatic nitrogens is 2. The molecule has 2 N–H and O–H groups in total. The summed E-state index contributed by atoms with van der Waals surface area (Å²) in [6.07, 6.45) is -6.56. The Morgan fingerprint density at radius 3 is 2.70 bits per heavy atom. The van der Waals surface area contributed by atoms with Crippen LogP contribution in [-0.4, -0.2) is 33.5 Å². The fraction of sp³-hybridized carbons (Fsp3) is 0.636. The standard InChI is InChI=1S/C11H13F3N2O4/c1-5-3-16(10(19)15-8(5)18)9-7(11(12,13)14)2-6(4-17)20-9/h3,6-7,9,17H,2,4H2,1H3,(H,15,18,19). The highest BCUT2D eigenvalue weighted by atomic mass is 19.4. The Bertz CT molecular complexity index is 607. The van der Waals surface area contributed by atoms with Crippen molar-refractivity contribution in [1.82, 2.24) is 9.55 Å². The van der Waals surface area contributed by atoms with E-state index in [-0.39, 0.29) is 5.56 Å². The van der Waals surface area contributed by atoms with Crippen LogP contribution in [0.2, 0.25) is 0 Å². The minimum Gasteiger partial charge on any atom is -0.394 e. The predicted octanol–water partition coefficient (Wildman–Crippen LogP) is 0.303. The summed E-state index contributed by atoms with van der Waals surface area (Å²) < 4.78 is 44.7. The lowest BCUT2D eigenvalue weighted by molar-refractivity contribution is -0.198. The maximum Gasteiger partial charge on any atom is 0.396 e. The van der Waals surface area contributed by atoms with Crippen molar-refractivity contribution in [3.8, 4) is 0 Å². The van der Waals surface area contributed by atoms with Gasteiger partial charge in [-0.25, -0.2) is 4.79 Å². The number of ether oxygens (including phenoxy) is 1. The van der Waals surface area contributed by atoms with Crippen LogP contribution >= 0.6 is 0 Å². The molecule has 0 saturated carbocycles. The van der Waals surface area contributed by atoms with Crippen LogP contribution in [0.25, 0.3) is 0 Å². The van der Waals surface area contributed by atoms with Crippen molar-refractivity contribution in [2.75, 3.05) is 6.61 Å². The Hall–Kier alpha value is -1.61. The van der Waals surface area contributed by atoms with E-state index in [1.54, 1.807) is 0 Å². The van der Waals surface area contributed by atoms with Gasteiger partial charge in [0.05, 0.1) is 12.7 Å². The molecule has 1 aromatic rings. The molecule has 3 atom stereocenters. The van der Waals surface area contributed by atoms with Crippen LogP contribution in [0.3, 0.4) is 0 Å². The van der Waals surface area contributed by atoms with Gasteiger partial charge in [0.1, 0.15) is 12.1 Å². The summed E-state index contributed by atoms with van der Waals surface area (Å²) >= 11 is 0. The summed E-state index contributed by atoms with van der Waals surface area (Å²) in [5.41, 5.74) is -1.54. The minimum atomic E-state index is -4.57. The number of halogens is 3. The number of aryl methyl sites for hydroxylation is 1. The van der Waals surface area contributed by atoms with E-state index in [9.17, 15) is 22.8 Å². The molecule has 0 aliphatic carbocycles. The van der Waals surface area contributed by atoms with Gasteiger partial charge >= 0.3 is 11.9 Å². The number of aliphatic hydroxyl groups excluding tert-OH is 1. The molecular formula is C11H13F3N2O4. The average Bonchev–Trinajstić information content (AvgIpc) is 2.77. The maximum absolute atomic E-state index is 13.0. The molecule has 20 heavy (non-hydrogen) atoms. The second-order valence-corrected chi connectivity index (χ2v) is 4.69. The van der Waals surface area contributed by atoms with Crippen LogP contribution in [0.1, 0.15) is 18.2 Å². The zero-order valence-electron chi connectivity index (χ0n) is 10.5. The summed E-state index contributed by atoms with van der Waals surface area (Å²) in [5, 5.41) is 8.94. The second kappa shape index (κ2) is 5.06. The Morgan fingerprint density at radius 2 is 2.15 bits per heavy atom. The van der Waals surface area contributed by atoms with Gasteiger partial charge < -0.3 is 9.84 Å². The third kappa shape index (κ3) is 2.63. The Kier molecular flexibility index (Phi) is 3.74. The van der Waals surface area contributed by atoms with Crippen molar-refractivity contribution in [2.45, 2.75) is 31.9 Å². The van der Waals surface area contributed by atoms with E-state index >= 15 is 0 Å². The Balaban J connectivity index is 2.47. The third-order valence-electron chi connectivity index (χ3n) is 3.24. The molecule has 1 saturated heterocycles. The van der Waals surface area contributed by atoms with E-state index in [1.807, 2.05) is 4.98 Å². The van der Waals surface area contributed by atoms with E-state index in [0.717, 1.165) is 6.20 Å². The van der Waals surface area contributed by atoms with Gasteiger partial charge in [-0.1, -0.05) is 0 Å². The number of hydrogen-bond acceptors (Lipinski definition) is 4. The van der Waals surface area contributed by atoms with Gasteiger partial charge in [0.2, 0.25) is 0 Å². The normalized spacial score (nSPS) is 26.9. The molecule has 112 valence electrons. The average molecular weight is 294 g/mol. The van der Waals surface area contributed by atoms with Crippen LogP contribution in [0.15, 0.2) is 15.8 Å². The first-order chi connectivity index (χ1) is 9.24. The Labute approximate surface area is 110 Å². The van der Waals surface area contributed by atoms with Crippen molar-refractivity contribution in [3.05, 3.63) is 32.6 Å². The van der Waals surface area contributed by atoms with Crippen LogP contribution < -0.4 is 11.2 Å². The molecule has 0 bridgehead atoms. The fourth-order valence-corrected chi connectivity index (χ4v) is 2.19. The van der Waals surface area contributed by atoms with E-state index in [0.29, 0.717) is 4.57 Å². The van der Waals surface area contributed by atoms with E-state index in [1.165, 1.54) is 6.92 Å². The number of nitrogens with one attached hydrogen (secondary N) is 1. The smallest absolute Gasteiger partial charge is 0.394 e. The third-order valence-corrected chi connectivity index (χ3v) is 3.24. The Morgan fingerprint density at radius 1 is 1.50 bits per heavy atom. The molecule has 0 aromatic carbocycles. The number of aliphatic hydroxyl groups is 1. The molecule has 0 radical (unpaired) electrons. The number of alkyl halides is 3. The fourth-order valence-electron chi connectivity index (χ4n) is 2.19. The number of hydrogen-bond donors (Lipinski definition) is 2. The van der Waals surface area contributed by atoms with Crippen molar-refractivity contribution >= 4 is 0 Å². The summed E-state index contributed by atoms with van der Waals surface area (Å²) in [6, 6.07) is 0. The number of H-pyrrole nitrogens is 1. The van der Waals surface area contributed by atoms with Gasteiger partial charge in [0.25, 0.3) is 5.56 Å². The van der Waals surface area contributed by atoms with Gasteiger partial charge in [-0.15, -0.1) is 0 Å². The molecule has 0 spiro atoms. The highest BCUT2D eigenvalue weighted by Crippen LogP contribution is 2.43. The summed E-state index contributed by atoms with van der Waals surface area (Å²) in [6.45, 7) is 0.802. The highest BCUT2D eigenvalue weighted by Gasteiger charge is 2.52. The topological polar surface area (TPSA) is 84.3 Å². The highest BCUT2D eigenvalue weighted by molar-refractivity contribution is 5.02. The summed E-state index contributed by atoms with van der Waals surface area (Å²) in [5.74, 6) is -1.91. The summed E-state index contributed by atoms with van der Waals surface area (Å²) in [7, 11) is 0. The first-order valence-corrected chi connectivity index (χ1v) is 5.89. The lowest BCUT2D eigenvalue weighted by Crippen LogP contribution is -2.38. The van der Waals surface area contributed by atoms with Gasteiger partial charge in [-0.05, 0) is 13.3 Å². The quantitative estimate of drug-likeness (QED) is 0.822. The monoisotopic (exact) mass is 294 g/mol. The van der Waals surface area contributed by atoms with Crippen LogP contribution in [0.5, 0.6) is 0 Å². The van der Waals surface area contributed by atoms with Gasteiger partial charge in [-0.2, -0.15) is 13.2 Å². The lowest BCUT2D eigenvalue weighted by atomic mass is 10.0. The van der Waals surface area contributed by atoms with Crippen LogP contribution in [-0.2, 0) is 4.74 Å². The van der Waals surface area contributed by atoms with E-state index < -0.39 is 48.7 Å². The zero-order chi connectivity index (χ0) is 15.1. The largest absolute Gasteiger partial charge is 0.396 e. The zero-order valence-corrected chi connectivity index (χ0v) is 10.5. The lowest BCUT2D eigenvalue weighted by Gasteiger charge is -2.22. The van der Waals surface area contributed by atoms with Crippen molar-refractivity contribution in [1.29, 1.82) is 0 Å². The number of aromatic amines is 1. The van der Waals surface area contributed by atoms with Gasteiger partial charge in [0.15, 0.2) is 0 Å². The molecule has 2 rings (SSSR count). The predicted molar refractivity (Wildman–Crippen MR) is 61.2 cm³/mol. The van der Waals surface area contributed by atoms with Crippen molar-refractivity contribution in [3.63, 3.8) is 0 Å². The molecule has 2 heterocycles. The minimum absolute atomic E-state index is 0.0987. The van der Waals surface area contributed by atoms with Crippen LogP contribution in [0.4, 0.5) is 13.2 Å². The first kappa shape index (κ1) is 14.8. The SMILES string of the molecule is Cc1cn(C2OC(CO)CC2C(F)(F)F)c(=O)[nH]c1=O. The molecule has 0 amide bonds. The molecule has 1 aliphatic rings. The van der Waals surface area contributed by atoms with Gasteiger partial charge in [-0.3, -0.25) is 14.3 Å². The van der Waals surface area contributed by atoms with E-state index in [2.05, 4.69) is 0 Å². The molecule has 6 nitrogen and oxygen atoms in total.